The molecule has 0 aromatic carbocycles. The van der Waals surface area contributed by atoms with Crippen LogP contribution in [0.4, 0.5) is 0 Å². The second kappa shape index (κ2) is 5.58. The molecule has 114 valence electrons. The fraction of sp³-hybridized carbons (Fsp3) is 0.750. The van der Waals surface area contributed by atoms with E-state index in [4.69, 9.17) is 14.6 Å². The van der Waals surface area contributed by atoms with Crippen LogP contribution >= 0.6 is 0 Å². The zero-order valence-corrected chi connectivity index (χ0v) is 13.2. The second-order valence-corrected chi connectivity index (χ2v) is 6.80. The predicted octanol–water partition coefficient (Wildman–Crippen LogP) is 3.41. The number of carboxylic acid groups (broad SMARTS) is 1. The van der Waals surface area contributed by atoms with Gasteiger partial charge in [0, 0.05) is 17.9 Å². The quantitative estimate of drug-likeness (QED) is 0.622. The predicted molar refractivity (Wildman–Crippen MR) is 77.2 cm³/mol. The summed E-state index contributed by atoms with van der Waals surface area (Å²) in [5.74, 6) is -0.352. The topological polar surface area (TPSA) is 63.6 Å². The zero-order chi connectivity index (χ0) is 15.7. The van der Waals surface area contributed by atoms with Crippen molar-refractivity contribution in [2.45, 2.75) is 60.0 Å². The molecule has 3 atom stereocenters. The van der Waals surface area contributed by atoms with Crippen LogP contribution in [0.1, 0.15) is 53.9 Å². The van der Waals surface area contributed by atoms with Gasteiger partial charge in [0.05, 0.1) is 0 Å². The first-order valence-corrected chi connectivity index (χ1v) is 7.08. The van der Waals surface area contributed by atoms with Crippen molar-refractivity contribution in [1.29, 1.82) is 0 Å². The first-order chi connectivity index (χ1) is 9.02. The maximum Gasteiger partial charge on any atom is 0.333 e. The van der Waals surface area contributed by atoms with Crippen LogP contribution in [-0.2, 0) is 14.3 Å². The van der Waals surface area contributed by atoms with E-state index in [1.807, 2.05) is 0 Å². The Bertz CT molecular complexity index is 420. The summed E-state index contributed by atoms with van der Waals surface area (Å²) in [5, 5.41) is 7.42. The summed E-state index contributed by atoms with van der Waals surface area (Å²) in [6, 6.07) is 0. The number of esters is 1. The van der Waals surface area contributed by atoms with Gasteiger partial charge in [-0.3, -0.25) is 4.79 Å². The van der Waals surface area contributed by atoms with Crippen LogP contribution in [0, 0.1) is 16.7 Å². The standard InChI is InChI=1S/C14H22O2.C2H4O2/c1-9(2)12(15)16-11-8-10-6-7-14(11,5)13(10,3)4;1-2(3)4/h10-11H,1,6-8H2,2-5H3;1H3,(H,3,4). The Kier molecular flexibility index (Phi) is 4.67. The first-order valence-electron chi connectivity index (χ1n) is 7.08. The summed E-state index contributed by atoms with van der Waals surface area (Å²) < 4.78 is 5.61. The van der Waals surface area contributed by atoms with Gasteiger partial charge in [-0.25, -0.2) is 4.79 Å². The fourth-order valence-electron chi connectivity index (χ4n) is 3.54. The van der Waals surface area contributed by atoms with Gasteiger partial charge < -0.3 is 9.84 Å². The molecule has 0 amide bonds. The van der Waals surface area contributed by atoms with Crippen molar-refractivity contribution in [2.75, 3.05) is 0 Å². The summed E-state index contributed by atoms with van der Waals surface area (Å²) >= 11 is 0. The molecule has 0 heterocycles. The van der Waals surface area contributed by atoms with Crippen LogP contribution in [-0.4, -0.2) is 23.1 Å². The number of rotatable bonds is 2. The monoisotopic (exact) mass is 282 g/mol. The third kappa shape index (κ3) is 2.89. The van der Waals surface area contributed by atoms with Crippen LogP contribution < -0.4 is 0 Å². The minimum atomic E-state index is -0.833. The number of carbonyl (C=O) groups excluding carboxylic acids is 1. The van der Waals surface area contributed by atoms with Crippen LogP contribution in [0.2, 0.25) is 0 Å². The lowest BCUT2D eigenvalue weighted by molar-refractivity contribution is -0.151. The average Bonchev–Trinajstić information content (AvgIpc) is 2.61. The molecule has 2 aliphatic rings. The molecule has 0 aromatic rings. The van der Waals surface area contributed by atoms with Gasteiger partial charge in [-0.2, -0.15) is 0 Å². The van der Waals surface area contributed by atoms with Gasteiger partial charge in [-0.05, 0) is 37.5 Å². The van der Waals surface area contributed by atoms with Gasteiger partial charge in [-0.15, -0.1) is 0 Å². The summed E-state index contributed by atoms with van der Waals surface area (Å²) in [4.78, 5) is 20.6. The number of carbonyl (C=O) groups is 2. The molecular weight excluding hydrogens is 256 g/mol. The van der Waals surface area contributed by atoms with E-state index >= 15 is 0 Å². The number of aliphatic carboxylic acids is 1. The van der Waals surface area contributed by atoms with Gasteiger partial charge >= 0.3 is 5.97 Å². The highest BCUT2D eigenvalue weighted by Gasteiger charge is 2.62. The number of hydrogen-bond donors (Lipinski definition) is 1. The molecule has 2 rings (SSSR count). The molecule has 1 N–H and O–H groups in total. The highest BCUT2D eigenvalue weighted by molar-refractivity contribution is 5.87. The Morgan fingerprint density at radius 1 is 1.25 bits per heavy atom. The third-order valence-corrected chi connectivity index (χ3v) is 5.31. The largest absolute Gasteiger partial charge is 0.481 e. The van der Waals surface area contributed by atoms with Crippen molar-refractivity contribution in [3.05, 3.63) is 12.2 Å². The van der Waals surface area contributed by atoms with E-state index in [-0.39, 0.29) is 17.5 Å². The van der Waals surface area contributed by atoms with Crippen LogP contribution in [0.15, 0.2) is 12.2 Å². The highest BCUT2D eigenvalue weighted by Crippen LogP contribution is 2.66. The Labute approximate surface area is 121 Å². The summed E-state index contributed by atoms with van der Waals surface area (Å²) in [7, 11) is 0. The summed E-state index contributed by atoms with van der Waals surface area (Å²) in [5.41, 5.74) is 0.958. The Morgan fingerprint density at radius 3 is 2.05 bits per heavy atom. The zero-order valence-electron chi connectivity index (χ0n) is 13.2. The number of hydrogen-bond acceptors (Lipinski definition) is 3. The Morgan fingerprint density at radius 2 is 1.75 bits per heavy atom. The molecule has 2 saturated carbocycles. The van der Waals surface area contributed by atoms with Gasteiger partial charge in [0.2, 0.25) is 0 Å². The molecule has 0 aliphatic heterocycles. The molecule has 20 heavy (non-hydrogen) atoms. The van der Waals surface area contributed by atoms with Gasteiger partial charge in [0.1, 0.15) is 6.10 Å². The minimum Gasteiger partial charge on any atom is -0.481 e. The Balaban J connectivity index is 0.000000444. The molecule has 0 saturated heterocycles. The smallest absolute Gasteiger partial charge is 0.333 e. The van der Waals surface area contributed by atoms with Crippen molar-refractivity contribution >= 4 is 11.9 Å². The molecular formula is C16H26O4. The minimum absolute atomic E-state index is 0.0884. The van der Waals surface area contributed by atoms with Gasteiger partial charge in [0.25, 0.3) is 5.97 Å². The molecule has 2 fully saturated rings. The van der Waals surface area contributed by atoms with Gasteiger partial charge in [0.15, 0.2) is 0 Å². The molecule has 0 spiro atoms. The van der Waals surface area contributed by atoms with Crippen molar-refractivity contribution in [1.82, 2.24) is 0 Å². The molecule has 0 radical (unpaired) electrons. The summed E-state index contributed by atoms with van der Waals surface area (Å²) in [6.45, 7) is 13.3. The molecule has 4 heteroatoms. The maximum absolute atomic E-state index is 11.6. The normalized spacial score (nSPS) is 33.0. The third-order valence-electron chi connectivity index (χ3n) is 5.31. The number of ether oxygens (including phenoxy) is 1. The maximum atomic E-state index is 11.6. The fourth-order valence-corrected chi connectivity index (χ4v) is 3.54. The van der Waals surface area contributed by atoms with E-state index in [1.54, 1.807) is 6.92 Å². The van der Waals surface area contributed by atoms with E-state index < -0.39 is 5.97 Å². The van der Waals surface area contributed by atoms with Crippen molar-refractivity contribution in [2.24, 2.45) is 16.7 Å². The Hall–Kier alpha value is -1.32. The van der Waals surface area contributed by atoms with E-state index in [9.17, 15) is 4.79 Å². The molecule has 2 bridgehead atoms. The molecule has 3 unspecified atom stereocenters. The van der Waals surface area contributed by atoms with Crippen molar-refractivity contribution in [3.63, 3.8) is 0 Å². The summed E-state index contributed by atoms with van der Waals surface area (Å²) in [6.07, 6.45) is 3.58. The van der Waals surface area contributed by atoms with Crippen LogP contribution in [0.5, 0.6) is 0 Å². The van der Waals surface area contributed by atoms with Gasteiger partial charge in [-0.1, -0.05) is 27.4 Å². The lowest BCUT2D eigenvalue weighted by atomic mass is 9.70. The molecule has 2 aliphatic carbocycles. The highest BCUT2D eigenvalue weighted by atomic mass is 16.5. The van der Waals surface area contributed by atoms with E-state index in [0.717, 1.165) is 13.3 Å². The molecule has 0 aromatic heterocycles. The van der Waals surface area contributed by atoms with Crippen LogP contribution in [0.25, 0.3) is 0 Å². The van der Waals surface area contributed by atoms with Crippen molar-refractivity contribution in [3.8, 4) is 0 Å². The van der Waals surface area contributed by atoms with E-state index in [1.165, 1.54) is 12.8 Å². The first kappa shape index (κ1) is 16.7. The number of fused-ring (bicyclic) bond motifs is 2. The number of carboxylic acids is 1. The average molecular weight is 282 g/mol. The van der Waals surface area contributed by atoms with Crippen molar-refractivity contribution < 1.29 is 19.4 Å². The van der Waals surface area contributed by atoms with E-state index in [2.05, 4.69) is 27.4 Å². The van der Waals surface area contributed by atoms with E-state index in [0.29, 0.717) is 16.9 Å². The SMILES string of the molecule is C=C(C)C(=O)OC1CC2CCC1(C)C2(C)C.CC(=O)O. The lowest BCUT2D eigenvalue weighted by Gasteiger charge is -2.38. The lowest BCUT2D eigenvalue weighted by Crippen LogP contribution is -2.38. The van der Waals surface area contributed by atoms with Crippen LogP contribution in [0.3, 0.4) is 0 Å². The molecule has 4 nitrogen and oxygen atoms in total. The second-order valence-electron chi connectivity index (χ2n) is 6.80.